The van der Waals surface area contributed by atoms with Crippen LogP contribution in [-0.2, 0) is 5.33 Å². The molecule has 21 heavy (non-hydrogen) atoms. The molecule has 5 nitrogen and oxygen atoms in total. The fraction of sp³-hybridized carbons (Fsp3) is 0.0714. The van der Waals surface area contributed by atoms with Gasteiger partial charge in [-0.25, -0.2) is 4.39 Å². The van der Waals surface area contributed by atoms with Crippen LogP contribution in [0.25, 0.3) is 0 Å². The maximum atomic E-state index is 13.2. The average molecular weight is 353 g/mol. The van der Waals surface area contributed by atoms with E-state index >= 15 is 0 Å². The first-order valence-corrected chi connectivity index (χ1v) is 7.04. The van der Waals surface area contributed by atoms with Crippen molar-refractivity contribution in [3.05, 3.63) is 69.5 Å². The number of hydrogen-bond donors (Lipinski definition) is 1. The predicted octanol–water partition coefficient (Wildman–Crippen LogP) is 3.88. The lowest BCUT2D eigenvalue weighted by atomic mass is 10.1. The summed E-state index contributed by atoms with van der Waals surface area (Å²) in [6.07, 6.45) is 0. The van der Waals surface area contributed by atoms with Crippen LogP contribution < -0.4 is 5.32 Å². The van der Waals surface area contributed by atoms with Crippen molar-refractivity contribution in [3.63, 3.8) is 0 Å². The van der Waals surface area contributed by atoms with Crippen molar-refractivity contribution in [2.45, 2.75) is 5.33 Å². The van der Waals surface area contributed by atoms with Gasteiger partial charge < -0.3 is 5.32 Å². The van der Waals surface area contributed by atoms with Gasteiger partial charge in [0, 0.05) is 17.1 Å². The molecule has 0 fully saturated rings. The number of nitrogens with zero attached hydrogens (tertiary/aromatic N) is 1. The fourth-order valence-corrected chi connectivity index (χ4v) is 2.29. The van der Waals surface area contributed by atoms with Crippen LogP contribution in [0.3, 0.4) is 0 Å². The number of halogens is 2. The molecule has 0 spiro atoms. The van der Waals surface area contributed by atoms with E-state index < -0.39 is 22.3 Å². The van der Waals surface area contributed by atoms with Gasteiger partial charge in [-0.1, -0.05) is 34.1 Å². The topological polar surface area (TPSA) is 72.2 Å². The number of para-hydroxylation sites is 1. The molecule has 1 N–H and O–H groups in total. The number of carbonyl (C=O) groups is 1. The van der Waals surface area contributed by atoms with Crippen LogP contribution in [0.2, 0.25) is 0 Å². The molecule has 0 aliphatic carbocycles. The lowest BCUT2D eigenvalue weighted by molar-refractivity contribution is -0.385. The van der Waals surface area contributed by atoms with Crippen LogP contribution in [0, 0.1) is 15.9 Å². The minimum atomic E-state index is -0.727. The Labute approximate surface area is 128 Å². The van der Waals surface area contributed by atoms with Gasteiger partial charge in [0.25, 0.3) is 11.6 Å². The van der Waals surface area contributed by atoms with Crippen LogP contribution in [-0.4, -0.2) is 10.8 Å². The minimum Gasteiger partial charge on any atom is -0.321 e. The van der Waals surface area contributed by atoms with E-state index in [9.17, 15) is 19.3 Å². The summed E-state index contributed by atoms with van der Waals surface area (Å²) in [7, 11) is 0. The number of hydrogen-bond acceptors (Lipinski definition) is 3. The molecular weight excluding hydrogens is 343 g/mol. The smallest absolute Gasteiger partial charge is 0.282 e. The van der Waals surface area contributed by atoms with Crippen molar-refractivity contribution in [1.29, 1.82) is 0 Å². The Bertz CT molecular complexity index is 706. The van der Waals surface area contributed by atoms with Crippen LogP contribution >= 0.6 is 15.9 Å². The standard InChI is InChI=1S/C14H10BrFN2O3/c15-8-9-3-1-2-4-12(9)17-14(19)11-7-10(16)5-6-13(11)18(20)21/h1-7H,8H2,(H,17,19). The summed E-state index contributed by atoms with van der Waals surface area (Å²) in [5.41, 5.74) is 0.567. The molecule has 0 unspecified atom stereocenters. The third-order valence-electron chi connectivity index (χ3n) is 2.81. The quantitative estimate of drug-likeness (QED) is 0.515. The number of alkyl halides is 1. The van der Waals surface area contributed by atoms with Crippen molar-refractivity contribution < 1.29 is 14.1 Å². The number of nitro benzene ring substituents is 1. The average Bonchev–Trinajstić information content (AvgIpc) is 2.47. The second-order valence-corrected chi connectivity index (χ2v) is 4.72. The monoisotopic (exact) mass is 352 g/mol. The Kier molecular flexibility index (Phi) is 4.64. The molecule has 7 heteroatoms. The van der Waals surface area contributed by atoms with Gasteiger partial charge in [-0.15, -0.1) is 0 Å². The molecule has 0 atom stereocenters. The number of benzene rings is 2. The summed E-state index contributed by atoms with van der Waals surface area (Å²) < 4.78 is 13.2. The second kappa shape index (κ2) is 6.45. The lowest BCUT2D eigenvalue weighted by Crippen LogP contribution is -2.15. The molecule has 2 aromatic carbocycles. The Morgan fingerprint density at radius 2 is 2.00 bits per heavy atom. The Hall–Kier alpha value is -2.28. The minimum absolute atomic E-state index is 0.315. The van der Waals surface area contributed by atoms with Gasteiger partial charge in [0.15, 0.2) is 0 Å². The van der Waals surface area contributed by atoms with Crippen LogP contribution in [0.15, 0.2) is 42.5 Å². The van der Waals surface area contributed by atoms with Crippen LogP contribution in [0.1, 0.15) is 15.9 Å². The highest BCUT2D eigenvalue weighted by Gasteiger charge is 2.21. The molecule has 0 heterocycles. The van der Waals surface area contributed by atoms with Gasteiger partial charge in [0.1, 0.15) is 11.4 Å². The van der Waals surface area contributed by atoms with Crippen molar-refractivity contribution in [3.8, 4) is 0 Å². The first kappa shape index (κ1) is 15.1. The molecule has 0 aromatic heterocycles. The largest absolute Gasteiger partial charge is 0.321 e. The first-order valence-electron chi connectivity index (χ1n) is 5.92. The predicted molar refractivity (Wildman–Crippen MR) is 80.1 cm³/mol. The summed E-state index contributed by atoms with van der Waals surface area (Å²) in [5.74, 6) is -1.44. The molecular formula is C14H10BrFN2O3. The highest BCUT2D eigenvalue weighted by Crippen LogP contribution is 2.23. The van der Waals surface area contributed by atoms with E-state index in [0.29, 0.717) is 11.0 Å². The van der Waals surface area contributed by atoms with E-state index in [1.807, 2.05) is 0 Å². The van der Waals surface area contributed by atoms with Gasteiger partial charge in [0.05, 0.1) is 4.92 Å². The van der Waals surface area contributed by atoms with Gasteiger partial charge >= 0.3 is 0 Å². The van der Waals surface area contributed by atoms with Crippen LogP contribution in [0.4, 0.5) is 15.8 Å². The van der Waals surface area contributed by atoms with Crippen molar-refractivity contribution >= 4 is 33.2 Å². The summed E-state index contributed by atoms with van der Waals surface area (Å²) in [4.78, 5) is 22.4. The summed E-state index contributed by atoms with van der Waals surface area (Å²) in [6.45, 7) is 0. The van der Waals surface area contributed by atoms with E-state index in [-0.39, 0.29) is 5.56 Å². The van der Waals surface area contributed by atoms with Crippen LogP contribution in [0.5, 0.6) is 0 Å². The Balaban J connectivity index is 2.37. The normalized spacial score (nSPS) is 10.2. The van der Waals surface area contributed by atoms with Crippen molar-refractivity contribution in [1.82, 2.24) is 0 Å². The zero-order valence-corrected chi connectivity index (χ0v) is 12.3. The molecule has 2 aromatic rings. The molecule has 0 saturated carbocycles. The number of amides is 1. The summed E-state index contributed by atoms with van der Waals surface area (Å²) >= 11 is 3.28. The third kappa shape index (κ3) is 3.43. The second-order valence-electron chi connectivity index (χ2n) is 4.16. The first-order chi connectivity index (χ1) is 10.0. The number of nitro groups is 1. The van der Waals surface area contributed by atoms with Crippen molar-refractivity contribution in [2.75, 3.05) is 5.32 Å². The van der Waals surface area contributed by atoms with Gasteiger partial charge in [0.2, 0.25) is 0 Å². The van der Waals surface area contributed by atoms with Gasteiger partial charge in [-0.3, -0.25) is 14.9 Å². The number of anilines is 1. The summed E-state index contributed by atoms with van der Waals surface area (Å²) in [5, 5.41) is 14.0. The molecule has 2 rings (SSSR count). The maximum Gasteiger partial charge on any atom is 0.282 e. The zero-order chi connectivity index (χ0) is 15.4. The number of carbonyl (C=O) groups excluding carboxylic acids is 1. The van der Waals surface area contributed by atoms with Gasteiger partial charge in [-0.05, 0) is 23.8 Å². The van der Waals surface area contributed by atoms with E-state index in [0.717, 1.165) is 23.8 Å². The van der Waals surface area contributed by atoms with Crippen molar-refractivity contribution in [2.24, 2.45) is 0 Å². The van der Waals surface area contributed by atoms with E-state index in [4.69, 9.17) is 0 Å². The molecule has 0 saturated heterocycles. The zero-order valence-electron chi connectivity index (χ0n) is 10.7. The number of rotatable bonds is 4. The molecule has 0 aliphatic rings. The fourth-order valence-electron chi connectivity index (χ4n) is 1.80. The molecule has 1 amide bonds. The molecule has 0 bridgehead atoms. The number of nitrogens with one attached hydrogen (secondary N) is 1. The van der Waals surface area contributed by atoms with E-state index in [2.05, 4.69) is 21.2 Å². The summed E-state index contributed by atoms with van der Waals surface area (Å²) in [6, 6.07) is 9.76. The maximum absolute atomic E-state index is 13.2. The Morgan fingerprint density at radius 3 is 2.67 bits per heavy atom. The van der Waals surface area contributed by atoms with E-state index in [1.165, 1.54) is 0 Å². The molecule has 0 radical (unpaired) electrons. The third-order valence-corrected chi connectivity index (χ3v) is 3.41. The lowest BCUT2D eigenvalue weighted by Gasteiger charge is -2.09. The highest BCUT2D eigenvalue weighted by molar-refractivity contribution is 9.08. The Morgan fingerprint density at radius 1 is 1.29 bits per heavy atom. The highest BCUT2D eigenvalue weighted by atomic mass is 79.9. The van der Waals surface area contributed by atoms with E-state index in [1.54, 1.807) is 24.3 Å². The van der Waals surface area contributed by atoms with Gasteiger partial charge in [-0.2, -0.15) is 0 Å². The molecule has 0 aliphatic heterocycles. The SMILES string of the molecule is O=C(Nc1ccccc1CBr)c1cc(F)ccc1[N+](=O)[O-]. The molecule has 108 valence electrons.